The van der Waals surface area contributed by atoms with Crippen molar-refractivity contribution in [1.29, 1.82) is 5.26 Å². The first-order valence-electron chi connectivity index (χ1n) is 7.64. The molecule has 3 rings (SSSR count). The monoisotopic (exact) mass is 415 g/mol. The topological polar surface area (TPSA) is 116 Å². The van der Waals surface area contributed by atoms with Gasteiger partial charge in [0.25, 0.3) is 0 Å². The Kier molecular flexibility index (Phi) is 5.78. The second-order valence-corrected chi connectivity index (χ2v) is 6.61. The van der Waals surface area contributed by atoms with E-state index in [-0.39, 0.29) is 22.5 Å². The van der Waals surface area contributed by atoms with Gasteiger partial charge >= 0.3 is 0 Å². The van der Waals surface area contributed by atoms with Gasteiger partial charge in [-0.25, -0.2) is 14.4 Å². The maximum absolute atomic E-state index is 14.2. The summed E-state index contributed by atoms with van der Waals surface area (Å²) in [6.45, 7) is 3.36. The van der Waals surface area contributed by atoms with Crippen LogP contribution in [0.3, 0.4) is 0 Å². The molecule has 0 saturated carbocycles. The summed E-state index contributed by atoms with van der Waals surface area (Å²) in [6.07, 6.45) is 3.85. The van der Waals surface area contributed by atoms with Gasteiger partial charge in [0.1, 0.15) is 21.8 Å². The Hall–Kier alpha value is -3.55. The van der Waals surface area contributed by atoms with Crippen molar-refractivity contribution in [3.05, 3.63) is 59.0 Å². The summed E-state index contributed by atoms with van der Waals surface area (Å²) in [4.78, 5) is 24.1. The van der Waals surface area contributed by atoms with Crippen LogP contribution in [0.1, 0.15) is 4.88 Å². The number of hydrogen-bond donors (Lipinski definition) is 3. The average Bonchev–Trinajstić information content (AvgIpc) is 3.14. The predicted octanol–water partition coefficient (Wildman–Crippen LogP) is 4.21. The first-order valence-corrected chi connectivity index (χ1v) is 8.83. The number of anilines is 5. The summed E-state index contributed by atoms with van der Waals surface area (Å²) in [5, 5.41) is 17.6. The highest BCUT2D eigenvalue weighted by molar-refractivity contribution is 7.16. The third-order valence-corrected chi connectivity index (χ3v) is 4.35. The normalized spacial score (nSPS) is 10.0. The fourth-order valence-corrected chi connectivity index (χ4v) is 2.76. The lowest BCUT2D eigenvalue weighted by Gasteiger charge is -2.11. The van der Waals surface area contributed by atoms with E-state index in [0.717, 1.165) is 17.4 Å². The van der Waals surface area contributed by atoms with Crippen LogP contribution < -0.4 is 16.0 Å². The van der Waals surface area contributed by atoms with Gasteiger partial charge < -0.3 is 10.6 Å². The van der Waals surface area contributed by atoms with Crippen LogP contribution in [-0.2, 0) is 4.79 Å². The standard InChI is InChI=1S/C17H11ClFN7OS/c1-2-14(27)23-9-3-4-12(19)13(5-9)24-15-11(18)8-21-16(25-15)26-17-22-7-10(6-20)28-17/h2-5,7-8H,1H2,(H,23,27)(H2,21,22,24,25,26). The lowest BCUT2D eigenvalue weighted by molar-refractivity contribution is -0.111. The maximum atomic E-state index is 14.2. The van der Waals surface area contributed by atoms with E-state index in [2.05, 4.69) is 37.5 Å². The van der Waals surface area contributed by atoms with Crippen molar-refractivity contribution < 1.29 is 9.18 Å². The minimum Gasteiger partial charge on any atom is -0.336 e. The zero-order valence-corrected chi connectivity index (χ0v) is 15.6. The number of thiazole rings is 1. The van der Waals surface area contributed by atoms with E-state index in [1.165, 1.54) is 30.6 Å². The molecule has 11 heteroatoms. The van der Waals surface area contributed by atoms with E-state index in [4.69, 9.17) is 16.9 Å². The smallest absolute Gasteiger partial charge is 0.247 e. The molecule has 3 N–H and O–H groups in total. The number of aromatic nitrogens is 3. The molecule has 0 unspecified atom stereocenters. The van der Waals surface area contributed by atoms with E-state index in [0.29, 0.717) is 15.7 Å². The number of rotatable bonds is 6. The molecular weight excluding hydrogens is 405 g/mol. The Labute approximate surface area is 167 Å². The number of benzene rings is 1. The number of carbonyl (C=O) groups excluding carboxylic acids is 1. The molecular formula is C17H11ClFN7OS. The summed E-state index contributed by atoms with van der Waals surface area (Å²) in [6, 6.07) is 5.97. The molecule has 0 atom stereocenters. The van der Waals surface area contributed by atoms with Crippen LogP contribution in [0.25, 0.3) is 0 Å². The molecule has 0 saturated heterocycles. The second kappa shape index (κ2) is 8.43. The van der Waals surface area contributed by atoms with Crippen molar-refractivity contribution in [3.8, 4) is 6.07 Å². The molecule has 2 heterocycles. The van der Waals surface area contributed by atoms with Crippen molar-refractivity contribution in [1.82, 2.24) is 15.0 Å². The van der Waals surface area contributed by atoms with Gasteiger partial charge in [0, 0.05) is 5.69 Å². The van der Waals surface area contributed by atoms with Gasteiger partial charge in [0.15, 0.2) is 10.9 Å². The summed E-state index contributed by atoms with van der Waals surface area (Å²) >= 11 is 7.23. The van der Waals surface area contributed by atoms with Crippen molar-refractivity contribution in [3.63, 3.8) is 0 Å². The Morgan fingerprint density at radius 1 is 1.32 bits per heavy atom. The second-order valence-electron chi connectivity index (χ2n) is 5.17. The van der Waals surface area contributed by atoms with Crippen LogP contribution in [0, 0.1) is 17.1 Å². The van der Waals surface area contributed by atoms with Crippen molar-refractivity contribution in [2.24, 2.45) is 0 Å². The lowest BCUT2D eigenvalue weighted by Crippen LogP contribution is -2.08. The maximum Gasteiger partial charge on any atom is 0.247 e. The number of hydrogen-bond acceptors (Lipinski definition) is 8. The number of nitriles is 1. The fraction of sp³-hybridized carbons (Fsp3) is 0. The first-order chi connectivity index (χ1) is 13.5. The predicted molar refractivity (Wildman–Crippen MR) is 106 cm³/mol. The van der Waals surface area contributed by atoms with Crippen LogP contribution in [0.15, 0.2) is 43.2 Å². The Balaban J connectivity index is 1.83. The summed E-state index contributed by atoms with van der Waals surface area (Å²) < 4.78 is 14.2. The van der Waals surface area contributed by atoms with Gasteiger partial charge in [-0.3, -0.25) is 10.1 Å². The SMILES string of the molecule is C=CC(=O)Nc1ccc(F)c(Nc2nc(Nc3ncc(C#N)s3)ncc2Cl)c1. The van der Waals surface area contributed by atoms with Crippen LogP contribution in [0.4, 0.5) is 32.7 Å². The summed E-state index contributed by atoms with van der Waals surface area (Å²) in [5.74, 6) is -0.701. The van der Waals surface area contributed by atoms with Gasteiger partial charge in [0.05, 0.1) is 18.1 Å². The highest BCUT2D eigenvalue weighted by atomic mass is 35.5. The third kappa shape index (κ3) is 4.59. The average molecular weight is 416 g/mol. The highest BCUT2D eigenvalue weighted by Crippen LogP contribution is 2.28. The van der Waals surface area contributed by atoms with Crippen molar-refractivity contribution >= 4 is 57.1 Å². The van der Waals surface area contributed by atoms with Gasteiger partial charge in [-0.1, -0.05) is 29.5 Å². The lowest BCUT2D eigenvalue weighted by atomic mass is 10.2. The van der Waals surface area contributed by atoms with Crippen LogP contribution >= 0.6 is 22.9 Å². The van der Waals surface area contributed by atoms with E-state index in [1.807, 2.05) is 6.07 Å². The Morgan fingerprint density at radius 2 is 2.14 bits per heavy atom. The molecule has 0 fully saturated rings. The molecule has 0 spiro atoms. The number of halogens is 2. The number of nitrogens with zero attached hydrogens (tertiary/aromatic N) is 4. The van der Waals surface area contributed by atoms with E-state index in [9.17, 15) is 9.18 Å². The quantitative estimate of drug-likeness (QED) is 0.516. The molecule has 2 aromatic heterocycles. The zero-order chi connectivity index (χ0) is 20.1. The molecule has 28 heavy (non-hydrogen) atoms. The van der Waals surface area contributed by atoms with Gasteiger partial charge in [-0.2, -0.15) is 10.2 Å². The summed E-state index contributed by atoms with van der Waals surface area (Å²) in [5.41, 5.74) is 0.415. The zero-order valence-electron chi connectivity index (χ0n) is 14.0. The number of amides is 1. The van der Waals surface area contributed by atoms with E-state index in [1.54, 1.807) is 0 Å². The first kappa shape index (κ1) is 19.2. The molecule has 1 aromatic carbocycles. The summed E-state index contributed by atoms with van der Waals surface area (Å²) in [7, 11) is 0. The number of nitrogens with one attached hydrogen (secondary N) is 3. The molecule has 3 aromatic rings. The molecule has 1 amide bonds. The van der Waals surface area contributed by atoms with Gasteiger partial charge in [0.2, 0.25) is 11.9 Å². The molecule has 0 aliphatic carbocycles. The number of carbonyl (C=O) groups is 1. The molecule has 0 bridgehead atoms. The molecule has 8 nitrogen and oxygen atoms in total. The largest absolute Gasteiger partial charge is 0.336 e. The molecule has 0 aliphatic rings. The van der Waals surface area contributed by atoms with Crippen molar-refractivity contribution in [2.45, 2.75) is 0 Å². The molecule has 0 radical (unpaired) electrons. The Bertz CT molecular complexity index is 1100. The molecule has 0 aliphatic heterocycles. The fourth-order valence-electron chi connectivity index (χ4n) is 2.01. The highest BCUT2D eigenvalue weighted by Gasteiger charge is 2.11. The van der Waals surface area contributed by atoms with E-state index >= 15 is 0 Å². The van der Waals surface area contributed by atoms with Crippen LogP contribution in [-0.4, -0.2) is 20.9 Å². The van der Waals surface area contributed by atoms with Gasteiger partial charge in [-0.15, -0.1) is 0 Å². The minimum absolute atomic E-state index is 0.0504. The van der Waals surface area contributed by atoms with Crippen LogP contribution in [0.5, 0.6) is 0 Å². The Morgan fingerprint density at radius 3 is 2.86 bits per heavy atom. The minimum atomic E-state index is -0.570. The molecule has 140 valence electrons. The third-order valence-electron chi connectivity index (χ3n) is 3.25. The van der Waals surface area contributed by atoms with Gasteiger partial charge in [-0.05, 0) is 24.3 Å². The van der Waals surface area contributed by atoms with Crippen LogP contribution in [0.2, 0.25) is 5.02 Å². The van der Waals surface area contributed by atoms with Crippen molar-refractivity contribution in [2.75, 3.05) is 16.0 Å². The van der Waals surface area contributed by atoms with E-state index < -0.39 is 11.7 Å².